The van der Waals surface area contributed by atoms with E-state index >= 15 is 0 Å². The van der Waals surface area contributed by atoms with Crippen LogP contribution in [0.25, 0.3) is 10.2 Å². The zero-order chi connectivity index (χ0) is 19.9. The molecule has 0 saturated carbocycles. The molecule has 1 aromatic carbocycles. The van der Waals surface area contributed by atoms with E-state index < -0.39 is 10.0 Å². The number of nitrogens with one attached hydrogen (secondary N) is 1. The van der Waals surface area contributed by atoms with Crippen LogP contribution < -0.4 is 5.32 Å². The van der Waals surface area contributed by atoms with E-state index in [-0.39, 0.29) is 16.0 Å². The molecular formula is C18H18ClN3O3S3. The summed E-state index contributed by atoms with van der Waals surface area (Å²) < 4.78 is 28.5. The Morgan fingerprint density at radius 3 is 2.64 bits per heavy atom. The number of piperidine rings is 1. The van der Waals surface area contributed by atoms with Crippen LogP contribution in [0.2, 0.25) is 4.34 Å². The number of amides is 1. The van der Waals surface area contributed by atoms with Gasteiger partial charge in [-0.3, -0.25) is 4.79 Å². The lowest BCUT2D eigenvalue weighted by Gasteiger charge is -2.30. The highest BCUT2D eigenvalue weighted by atomic mass is 35.5. The summed E-state index contributed by atoms with van der Waals surface area (Å²) in [6.45, 7) is 2.59. The van der Waals surface area contributed by atoms with Gasteiger partial charge in [0, 0.05) is 24.7 Å². The highest BCUT2D eigenvalue weighted by Gasteiger charge is 2.33. The summed E-state index contributed by atoms with van der Waals surface area (Å²) in [4.78, 5) is 17.1. The molecular weight excluding hydrogens is 438 g/mol. The van der Waals surface area contributed by atoms with Gasteiger partial charge in [0.2, 0.25) is 5.91 Å². The molecule has 1 fully saturated rings. The number of sulfonamides is 1. The van der Waals surface area contributed by atoms with Crippen LogP contribution in [-0.4, -0.2) is 36.7 Å². The smallest absolute Gasteiger partial charge is 0.252 e. The molecule has 10 heteroatoms. The van der Waals surface area contributed by atoms with Gasteiger partial charge in [0.1, 0.15) is 4.21 Å². The average molecular weight is 456 g/mol. The quantitative estimate of drug-likeness (QED) is 0.633. The summed E-state index contributed by atoms with van der Waals surface area (Å²) in [7, 11) is -3.54. The number of thiophene rings is 1. The van der Waals surface area contributed by atoms with E-state index in [0.717, 1.165) is 26.6 Å². The van der Waals surface area contributed by atoms with Crippen LogP contribution in [0.5, 0.6) is 0 Å². The maximum Gasteiger partial charge on any atom is 0.252 e. The number of halogens is 1. The van der Waals surface area contributed by atoms with Gasteiger partial charge in [0.05, 0.1) is 19.6 Å². The number of thiazole rings is 1. The van der Waals surface area contributed by atoms with Crippen molar-refractivity contribution < 1.29 is 13.2 Å². The fourth-order valence-electron chi connectivity index (χ4n) is 3.29. The Bertz CT molecular complexity index is 1130. The molecule has 0 spiro atoms. The van der Waals surface area contributed by atoms with Crippen molar-refractivity contribution in [1.29, 1.82) is 0 Å². The van der Waals surface area contributed by atoms with Crippen molar-refractivity contribution in [3.8, 4) is 0 Å². The second kappa shape index (κ2) is 7.72. The average Bonchev–Trinajstić information content (AvgIpc) is 3.26. The molecule has 6 nitrogen and oxygen atoms in total. The van der Waals surface area contributed by atoms with Crippen LogP contribution in [0.4, 0.5) is 5.69 Å². The van der Waals surface area contributed by atoms with Crippen LogP contribution in [-0.2, 0) is 14.8 Å². The van der Waals surface area contributed by atoms with Crippen molar-refractivity contribution in [2.75, 3.05) is 18.4 Å². The number of nitrogens with zero attached hydrogens (tertiary/aromatic N) is 2. The molecule has 1 amide bonds. The van der Waals surface area contributed by atoms with Gasteiger partial charge in [-0.25, -0.2) is 13.4 Å². The third-order valence-corrected chi connectivity index (χ3v) is 9.28. The predicted octanol–water partition coefficient (Wildman–Crippen LogP) is 4.36. The lowest BCUT2D eigenvalue weighted by Crippen LogP contribution is -2.41. The van der Waals surface area contributed by atoms with Gasteiger partial charge in [0.15, 0.2) is 0 Å². The molecule has 0 aliphatic carbocycles. The number of fused-ring (bicyclic) bond motifs is 1. The number of carbonyl (C=O) groups excluding carboxylic acids is 1. The second-order valence-corrected chi connectivity index (χ2v) is 11.8. The SMILES string of the molecule is Cc1nc2cc(NC(=O)C3CCN(S(=O)(=O)c4ccc(Cl)s4)CC3)ccc2s1. The Morgan fingerprint density at radius 2 is 1.96 bits per heavy atom. The highest BCUT2D eigenvalue weighted by molar-refractivity contribution is 7.91. The normalized spacial score (nSPS) is 16.5. The Balaban J connectivity index is 1.39. The number of rotatable bonds is 4. The summed E-state index contributed by atoms with van der Waals surface area (Å²) in [5, 5.41) is 3.93. The molecule has 28 heavy (non-hydrogen) atoms. The standard InChI is InChI=1S/C18H18ClN3O3S3/c1-11-20-14-10-13(2-3-15(14)26-11)21-18(23)12-6-8-22(9-7-12)28(24,25)17-5-4-16(19)27-17/h2-5,10,12H,6-9H2,1H3,(H,21,23). The first-order valence-corrected chi connectivity index (χ1v) is 12.2. The van der Waals surface area contributed by atoms with Gasteiger partial charge in [-0.15, -0.1) is 22.7 Å². The van der Waals surface area contributed by atoms with E-state index in [4.69, 9.17) is 11.6 Å². The summed E-state index contributed by atoms with van der Waals surface area (Å²) in [6, 6.07) is 8.81. The first kappa shape index (κ1) is 19.8. The lowest BCUT2D eigenvalue weighted by molar-refractivity contribution is -0.120. The van der Waals surface area contributed by atoms with E-state index in [2.05, 4.69) is 10.3 Å². The van der Waals surface area contributed by atoms with E-state index in [9.17, 15) is 13.2 Å². The van der Waals surface area contributed by atoms with E-state index in [1.165, 1.54) is 10.4 Å². The second-order valence-electron chi connectivity index (χ2n) is 6.64. The molecule has 4 rings (SSSR count). The zero-order valence-electron chi connectivity index (χ0n) is 15.0. The number of aryl methyl sites for hydroxylation is 1. The van der Waals surface area contributed by atoms with Crippen molar-refractivity contribution in [3.05, 3.63) is 39.7 Å². The minimum absolute atomic E-state index is 0.0810. The first-order valence-electron chi connectivity index (χ1n) is 8.76. The molecule has 3 heterocycles. The molecule has 1 N–H and O–H groups in total. The maximum atomic E-state index is 12.7. The third kappa shape index (κ3) is 3.95. The molecule has 1 aliphatic heterocycles. The first-order chi connectivity index (χ1) is 13.3. The fourth-order valence-corrected chi connectivity index (χ4v) is 7.20. The topological polar surface area (TPSA) is 79.4 Å². The zero-order valence-corrected chi connectivity index (χ0v) is 18.2. The number of carbonyl (C=O) groups is 1. The summed E-state index contributed by atoms with van der Waals surface area (Å²) >= 11 is 8.53. The van der Waals surface area contributed by atoms with Crippen molar-refractivity contribution in [3.63, 3.8) is 0 Å². The van der Waals surface area contributed by atoms with Gasteiger partial charge >= 0.3 is 0 Å². The third-order valence-electron chi connectivity index (χ3n) is 4.73. The van der Waals surface area contributed by atoms with Crippen LogP contribution in [0.15, 0.2) is 34.5 Å². The van der Waals surface area contributed by atoms with Crippen molar-refractivity contribution >= 4 is 66.1 Å². The highest BCUT2D eigenvalue weighted by Crippen LogP contribution is 2.31. The molecule has 0 bridgehead atoms. The van der Waals surface area contributed by atoms with E-state index in [0.29, 0.717) is 36.0 Å². The number of hydrogen-bond donors (Lipinski definition) is 1. The minimum atomic E-state index is -3.54. The Labute approximate surface area is 176 Å². The minimum Gasteiger partial charge on any atom is -0.326 e. The number of aromatic nitrogens is 1. The Kier molecular flexibility index (Phi) is 5.45. The van der Waals surface area contributed by atoms with Gasteiger partial charge in [-0.1, -0.05) is 11.6 Å². The molecule has 0 radical (unpaired) electrons. The molecule has 3 aromatic rings. The van der Waals surface area contributed by atoms with Gasteiger partial charge in [0.25, 0.3) is 10.0 Å². The number of benzene rings is 1. The maximum absolute atomic E-state index is 12.7. The molecule has 0 unspecified atom stereocenters. The van der Waals surface area contributed by atoms with Crippen molar-refractivity contribution in [2.24, 2.45) is 5.92 Å². The molecule has 1 saturated heterocycles. The summed E-state index contributed by atoms with van der Waals surface area (Å²) in [5.41, 5.74) is 1.59. The predicted molar refractivity (Wildman–Crippen MR) is 114 cm³/mol. The summed E-state index contributed by atoms with van der Waals surface area (Å²) in [6.07, 6.45) is 0.977. The molecule has 0 atom stereocenters. The van der Waals surface area contributed by atoms with E-state index in [1.54, 1.807) is 17.4 Å². The number of anilines is 1. The van der Waals surface area contributed by atoms with Gasteiger partial charge < -0.3 is 5.32 Å². The van der Waals surface area contributed by atoms with Crippen LogP contribution in [0.3, 0.4) is 0 Å². The van der Waals surface area contributed by atoms with Crippen LogP contribution in [0.1, 0.15) is 17.8 Å². The largest absolute Gasteiger partial charge is 0.326 e. The van der Waals surface area contributed by atoms with Crippen LogP contribution in [0, 0.1) is 12.8 Å². The van der Waals surface area contributed by atoms with Gasteiger partial charge in [-0.2, -0.15) is 4.31 Å². The Morgan fingerprint density at radius 1 is 1.21 bits per heavy atom. The summed E-state index contributed by atoms with van der Waals surface area (Å²) in [5.74, 6) is -0.297. The molecule has 148 valence electrons. The monoisotopic (exact) mass is 455 g/mol. The van der Waals surface area contributed by atoms with E-state index in [1.807, 2.05) is 25.1 Å². The van der Waals surface area contributed by atoms with Gasteiger partial charge in [-0.05, 0) is 50.1 Å². The molecule has 1 aliphatic rings. The molecule has 2 aromatic heterocycles. The van der Waals surface area contributed by atoms with Crippen LogP contribution >= 0.6 is 34.3 Å². The number of hydrogen-bond acceptors (Lipinski definition) is 6. The Hall–Kier alpha value is -1.52. The van der Waals surface area contributed by atoms with Crippen molar-refractivity contribution in [2.45, 2.75) is 24.0 Å². The van der Waals surface area contributed by atoms with Crippen molar-refractivity contribution in [1.82, 2.24) is 9.29 Å². The lowest BCUT2D eigenvalue weighted by atomic mass is 9.97. The fraction of sp³-hybridized carbons (Fsp3) is 0.333.